The third kappa shape index (κ3) is 5.02. The van der Waals surface area contributed by atoms with Gasteiger partial charge in [-0.05, 0) is 39.3 Å². The van der Waals surface area contributed by atoms with Crippen LogP contribution in [0, 0.1) is 20.8 Å². The van der Waals surface area contributed by atoms with Gasteiger partial charge in [0.1, 0.15) is 23.2 Å². The lowest BCUT2D eigenvalue weighted by Crippen LogP contribution is -2.49. The van der Waals surface area contributed by atoms with Gasteiger partial charge in [-0.2, -0.15) is 4.98 Å². The fourth-order valence-electron chi connectivity index (χ4n) is 3.78. The van der Waals surface area contributed by atoms with E-state index >= 15 is 0 Å². The van der Waals surface area contributed by atoms with E-state index in [4.69, 9.17) is 9.26 Å². The molecule has 8 nitrogen and oxygen atoms in total. The Bertz CT molecular complexity index is 1020. The number of carbonyl (C=O) groups is 1. The number of amides is 1. The molecule has 0 N–H and O–H groups in total. The van der Waals surface area contributed by atoms with Gasteiger partial charge < -0.3 is 19.1 Å². The number of para-hydroxylation sites is 1. The second-order valence-electron chi connectivity index (χ2n) is 7.70. The molecule has 0 spiro atoms. The van der Waals surface area contributed by atoms with E-state index in [2.05, 4.69) is 20.0 Å². The van der Waals surface area contributed by atoms with E-state index < -0.39 is 0 Å². The molecule has 2 aromatic heterocycles. The summed E-state index contributed by atoms with van der Waals surface area (Å²) in [5.41, 5.74) is 1.90. The number of benzene rings is 1. The van der Waals surface area contributed by atoms with Gasteiger partial charge in [0.2, 0.25) is 11.8 Å². The summed E-state index contributed by atoms with van der Waals surface area (Å²) in [6.45, 7) is 8.43. The molecule has 3 aromatic rings. The van der Waals surface area contributed by atoms with Crippen LogP contribution in [0.4, 0.5) is 5.82 Å². The number of rotatable bonds is 6. The van der Waals surface area contributed by atoms with Crippen LogP contribution in [0.3, 0.4) is 0 Å². The molecule has 0 saturated carbocycles. The maximum Gasteiger partial charge on any atom is 0.224 e. The number of hydrogen-bond donors (Lipinski definition) is 0. The van der Waals surface area contributed by atoms with Crippen LogP contribution in [0.5, 0.6) is 11.6 Å². The highest BCUT2D eigenvalue weighted by molar-refractivity contribution is 5.76. The molecule has 1 fully saturated rings. The van der Waals surface area contributed by atoms with Gasteiger partial charge >= 0.3 is 0 Å². The van der Waals surface area contributed by atoms with Crippen molar-refractivity contribution in [1.82, 2.24) is 20.0 Å². The number of carbonyl (C=O) groups excluding carboxylic acids is 1. The number of anilines is 1. The number of aromatic nitrogens is 3. The molecule has 8 heteroatoms. The molecule has 0 unspecified atom stereocenters. The first-order chi connectivity index (χ1) is 15.0. The van der Waals surface area contributed by atoms with Crippen LogP contribution in [0.15, 0.2) is 40.9 Å². The SMILES string of the molecule is Cc1nc(Oc2ccccc2)cc(N2CCN(C(=O)CCc3c(C)noc3C)CC2)n1. The van der Waals surface area contributed by atoms with Crippen LogP contribution in [0.2, 0.25) is 0 Å². The average Bonchev–Trinajstić information content (AvgIpc) is 3.09. The maximum atomic E-state index is 12.7. The minimum Gasteiger partial charge on any atom is -0.439 e. The second-order valence-corrected chi connectivity index (χ2v) is 7.70. The Morgan fingerprint density at radius 1 is 1.06 bits per heavy atom. The normalized spacial score (nSPS) is 14.0. The van der Waals surface area contributed by atoms with Gasteiger partial charge in [-0.1, -0.05) is 23.4 Å². The quantitative estimate of drug-likeness (QED) is 0.602. The summed E-state index contributed by atoms with van der Waals surface area (Å²) in [7, 11) is 0. The summed E-state index contributed by atoms with van der Waals surface area (Å²) >= 11 is 0. The zero-order chi connectivity index (χ0) is 21.8. The molecule has 162 valence electrons. The van der Waals surface area contributed by atoms with Gasteiger partial charge in [0.15, 0.2) is 0 Å². The van der Waals surface area contributed by atoms with Crippen molar-refractivity contribution in [1.29, 1.82) is 0 Å². The molecular formula is C23H27N5O3. The Hall–Kier alpha value is -3.42. The minimum atomic E-state index is 0.159. The summed E-state index contributed by atoms with van der Waals surface area (Å²) in [6, 6.07) is 11.4. The van der Waals surface area contributed by atoms with Crippen LogP contribution in [0.1, 0.15) is 29.3 Å². The van der Waals surface area contributed by atoms with E-state index in [1.807, 2.05) is 62.1 Å². The monoisotopic (exact) mass is 421 g/mol. The first-order valence-electron chi connectivity index (χ1n) is 10.5. The third-order valence-electron chi connectivity index (χ3n) is 5.49. The van der Waals surface area contributed by atoms with E-state index in [-0.39, 0.29) is 5.91 Å². The standard InChI is InChI=1S/C23H27N5O3/c1-16-20(17(2)31-26-16)9-10-23(29)28-13-11-27(12-14-28)21-15-22(25-18(3)24-21)30-19-7-5-4-6-8-19/h4-8,15H,9-14H2,1-3H3. The fourth-order valence-corrected chi connectivity index (χ4v) is 3.78. The van der Waals surface area contributed by atoms with E-state index in [1.165, 1.54) is 0 Å². The molecule has 3 heterocycles. The van der Waals surface area contributed by atoms with Crippen LogP contribution < -0.4 is 9.64 Å². The van der Waals surface area contributed by atoms with E-state index in [1.54, 1.807) is 0 Å². The van der Waals surface area contributed by atoms with E-state index in [9.17, 15) is 4.79 Å². The van der Waals surface area contributed by atoms with Crippen LogP contribution in [-0.2, 0) is 11.2 Å². The second kappa shape index (κ2) is 9.16. The number of piperazine rings is 1. The van der Waals surface area contributed by atoms with Crippen molar-refractivity contribution in [2.45, 2.75) is 33.6 Å². The molecule has 0 aliphatic carbocycles. The summed E-state index contributed by atoms with van der Waals surface area (Å²) in [6.07, 6.45) is 1.12. The molecule has 31 heavy (non-hydrogen) atoms. The lowest BCUT2D eigenvalue weighted by atomic mass is 10.1. The lowest BCUT2D eigenvalue weighted by molar-refractivity contribution is -0.131. The van der Waals surface area contributed by atoms with E-state index in [0.29, 0.717) is 37.6 Å². The summed E-state index contributed by atoms with van der Waals surface area (Å²) in [4.78, 5) is 25.7. The average molecular weight is 422 g/mol. The Morgan fingerprint density at radius 2 is 1.81 bits per heavy atom. The van der Waals surface area contributed by atoms with Gasteiger partial charge in [0.25, 0.3) is 0 Å². The van der Waals surface area contributed by atoms with Gasteiger partial charge in [-0.15, -0.1) is 0 Å². The summed E-state index contributed by atoms with van der Waals surface area (Å²) in [5, 5.41) is 3.96. The van der Waals surface area contributed by atoms with Gasteiger partial charge in [0, 0.05) is 44.2 Å². The topological polar surface area (TPSA) is 84.6 Å². The zero-order valence-corrected chi connectivity index (χ0v) is 18.2. The van der Waals surface area contributed by atoms with Crippen molar-refractivity contribution < 1.29 is 14.1 Å². The van der Waals surface area contributed by atoms with Gasteiger partial charge in [0.05, 0.1) is 5.69 Å². The fraction of sp³-hybridized carbons (Fsp3) is 0.391. The Morgan fingerprint density at radius 3 is 2.48 bits per heavy atom. The predicted molar refractivity (Wildman–Crippen MR) is 116 cm³/mol. The highest BCUT2D eigenvalue weighted by Gasteiger charge is 2.23. The molecule has 1 aliphatic rings. The first-order valence-corrected chi connectivity index (χ1v) is 10.5. The number of nitrogens with zero attached hydrogens (tertiary/aromatic N) is 5. The predicted octanol–water partition coefficient (Wildman–Crippen LogP) is 3.46. The minimum absolute atomic E-state index is 0.159. The van der Waals surface area contributed by atoms with Crippen molar-refractivity contribution in [2.24, 2.45) is 0 Å². The number of ether oxygens (including phenoxy) is 1. The first kappa shape index (κ1) is 20.8. The zero-order valence-electron chi connectivity index (χ0n) is 18.2. The molecule has 1 amide bonds. The number of aryl methyl sites for hydroxylation is 3. The van der Waals surface area contributed by atoms with Gasteiger partial charge in [-0.3, -0.25) is 4.79 Å². The lowest BCUT2D eigenvalue weighted by Gasteiger charge is -2.35. The third-order valence-corrected chi connectivity index (χ3v) is 5.49. The van der Waals surface area contributed by atoms with Crippen LogP contribution >= 0.6 is 0 Å². The summed E-state index contributed by atoms with van der Waals surface area (Å²) < 4.78 is 11.1. The molecule has 0 bridgehead atoms. The molecular weight excluding hydrogens is 394 g/mol. The van der Waals surface area contributed by atoms with Crippen LogP contribution in [-0.4, -0.2) is 52.1 Å². The molecule has 1 aliphatic heterocycles. The Kier molecular flexibility index (Phi) is 6.16. The van der Waals surface area contributed by atoms with Crippen molar-refractivity contribution in [3.63, 3.8) is 0 Å². The maximum absolute atomic E-state index is 12.7. The molecule has 1 aromatic carbocycles. The van der Waals surface area contributed by atoms with Crippen molar-refractivity contribution in [3.05, 3.63) is 59.2 Å². The molecule has 1 saturated heterocycles. The van der Waals surface area contributed by atoms with Crippen molar-refractivity contribution in [3.8, 4) is 11.6 Å². The largest absolute Gasteiger partial charge is 0.439 e. The Balaban J connectivity index is 1.34. The van der Waals surface area contributed by atoms with Crippen LogP contribution in [0.25, 0.3) is 0 Å². The highest BCUT2D eigenvalue weighted by atomic mass is 16.5. The highest BCUT2D eigenvalue weighted by Crippen LogP contribution is 2.24. The number of hydrogen-bond acceptors (Lipinski definition) is 7. The molecule has 4 rings (SSSR count). The summed E-state index contributed by atoms with van der Waals surface area (Å²) in [5.74, 6) is 3.68. The smallest absolute Gasteiger partial charge is 0.224 e. The molecule has 0 atom stereocenters. The molecule has 0 radical (unpaired) electrons. The van der Waals surface area contributed by atoms with Crippen molar-refractivity contribution in [2.75, 3.05) is 31.1 Å². The Labute approximate surface area is 181 Å². The van der Waals surface area contributed by atoms with Gasteiger partial charge in [-0.25, -0.2) is 4.98 Å². The van der Waals surface area contributed by atoms with E-state index in [0.717, 1.165) is 41.7 Å². The van der Waals surface area contributed by atoms with Crippen molar-refractivity contribution >= 4 is 11.7 Å².